The van der Waals surface area contributed by atoms with Crippen LogP contribution in [0.15, 0.2) is 175 Å². The molecular formula is C112H149N33O3. The zero-order valence-corrected chi connectivity index (χ0v) is 90.8. The number of rotatable bonds is 9. The molecule has 0 unspecified atom stereocenters. The van der Waals surface area contributed by atoms with Crippen LogP contribution in [0.1, 0.15) is 259 Å². The third-order valence-corrected chi connectivity index (χ3v) is 22.0. The summed E-state index contributed by atoms with van der Waals surface area (Å²) < 4.78 is 0. The summed E-state index contributed by atoms with van der Waals surface area (Å²) in [4.78, 5) is 121. The molecule has 0 fully saturated rings. The van der Waals surface area contributed by atoms with E-state index < -0.39 is 0 Å². The van der Waals surface area contributed by atoms with E-state index in [1.807, 2.05) is 81.6 Å². The molecule has 0 saturated carbocycles. The maximum Gasteiger partial charge on any atom is 0.280 e. The van der Waals surface area contributed by atoms with E-state index in [2.05, 4.69) is 344 Å². The zero-order chi connectivity index (χ0) is 109. The molecule has 12 heterocycles. The van der Waals surface area contributed by atoms with Gasteiger partial charge < -0.3 is 68.1 Å². The summed E-state index contributed by atoms with van der Waals surface area (Å²) in [5.74, 6) is 3.32. The number of amides is 2. The van der Waals surface area contributed by atoms with Gasteiger partial charge in [0.25, 0.3) is 17.4 Å². The fourth-order valence-corrected chi connectivity index (χ4v) is 15.3. The van der Waals surface area contributed by atoms with Crippen molar-refractivity contribution >= 4 is 154 Å². The SMILES string of the molecule is CC(C)(C)CCc1ccc2nc(N)nc(N)c2c1.CC(C)(C)CN1C(=O)c2ccccc2C1=O.CC(C)(C)Cc1ccc2nc(N)nc(N)c2c1.CC(C)(C)Cc1ccc2nc(N)nc(N)c2n1.CC(C)(C)Cc1cnc2nc(N)[nH]c(=O)c2n1.CC(C)(C)Cc1cnc2nc(N)nc(N)c2n1.CC(C)(C)Cc1nc2nc(N)nc(N)c2[nH]1.CC(C)(C)c1ccc(-c2ccccc2)cc1.CC(C)(C)c1cnc2ccccc2n1. The fourth-order valence-electron chi connectivity index (χ4n) is 15.3. The minimum atomic E-state index is -0.351. The van der Waals surface area contributed by atoms with Gasteiger partial charge in [-0.3, -0.25) is 29.3 Å². The van der Waals surface area contributed by atoms with E-state index in [0.29, 0.717) is 79.7 Å². The summed E-state index contributed by atoms with van der Waals surface area (Å²) in [7, 11) is 0. The summed E-state index contributed by atoms with van der Waals surface area (Å²) in [6.07, 6.45) is 11.6. The summed E-state index contributed by atoms with van der Waals surface area (Å²) in [6, 6.07) is 50.3. The first-order valence-electron chi connectivity index (χ1n) is 49.1. The standard InChI is InChI=1S/C16H18.C14H20N4.C13H18N4.C13H15NO2.C12H17N5.C12H14N2.C11H16N6.C11H15N5O.C10H16N6/c1-16(2,3)15-11-9-14(10-12-15)13-7-5-4-6-8-13;1-14(2,3)7-6-9-4-5-11-10(8-9)12(15)18-13(16)17-11;1-13(2,3)7-8-4-5-10-9(6-8)11(14)17-12(15)16-10;1-13(2,3)8-14-11(15)9-6-4-5-7-10(9)12(14)16;1-12(2,3)6-7-4-5-8-9(15-7)10(13)17-11(14)16-8;1-12(2,3)11-8-13-9-6-4-5-7-10(9)14-11;1-11(2,3)4-6-5-14-9-7(15-6)8(12)16-10(13)17-9;1-11(2,3)4-6-5-13-8-7(14-6)9(17)16-10(12)15-8;1-10(2,3)4-5-13-6-7(11)15-9(12)16-8(6)14-5/h4-12H,1-3H3;4-5,8H,6-7H2,1-3H3,(H4,15,16,17,18);4-6H,7H2,1-3H3,(H4,14,15,16,17);4-7H,8H2,1-3H3;4-5H,6H2,1-3H3,(H4,13,14,16,17);4-8H,1-3H3;5H,4H2,1-3H3,(H4,12,13,14,16,17);5H,4H2,1-3H3,(H3,12,13,15,16,17);4H2,1-3H3,(H5,11,12,13,14,15,16). The molecule has 17 aromatic rings. The van der Waals surface area contributed by atoms with Crippen LogP contribution < -0.4 is 68.6 Å². The van der Waals surface area contributed by atoms with E-state index in [1.165, 1.54) is 32.7 Å². The highest BCUT2D eigenvalue weighted by Gasteiger charge is 2.37. The third kappa shape index (κ3) is 34.6. The van der Waals surface area contributed by atoms with Crippen LogP contribution in [-0.2, 0) is 49.4 Å². The molecule has 36 nitrogen and oxygen atoms in total. The van der Waals surface area contributed by atoms with Gasteiger partial charge in [-0.05, 0) is 170 Å². The number of pyridine rings is 1. The Labute approximate surface area is 866 Å². The van der Waals surface area contributed by atoms with Crippen molar-refractivity contribution in [3.63, 3.8) is 0 Å². The Kier molecular flexibility index (Phi) is 35.8. The molecule has 148 heavy (non-hydrogen) atoms. The van der Waals surface area contributed by atoms with Crippen molar-refractivity contribution in [2.75, 3.05) is 69.6 Å². The van der Waals surface area contributed by atoms with Gasteiger partial charge in [-0.25, -0.2) is 49.8 Å². The van der Waals surface area contributed by atoms with E-state index in [4.69, 9.17) is 63.1 Å². The quantitative estimate of drug-likeness (QED) is 0.0597. The number of aromatic nitrogens is 21. The van der Waals surface area contributed by atoms with Crippen molar-refractivity contribution in [3.8, 4) is 11.1 Å². The number of fused-ring (bicyclic) bond motifs is 8. The number of aryl methyl sites for hydroxylation is 1. The summed E-state index contributed by atoms with van der Waals surface area (Å²) in [6.45, 7) is 58.7. The monoisotopic (exact) mass is 2000 g/mol. The fraction of sp³-hybridized carbons (Fsp3) is 0.393. The van der Waals surface area contributed by atoms with Gasteiger partial charge >= 0.3 is 0 Å². The van der Waals surface area contributed by atoms with Crippen molar-refractivity contribution in [3.05, 3.63) is 237 Å². The van der Waals surface area contributed by atoms with Crippen LogP contribution in [0.4, 0.5) is 64.8 Å². The Balaban J connectivity index is 0.000000170. The maximum atomic E-state index is 12.0. The minimum Gasteiger partial charge on any atom is -0.383 e. The summed E-state index contributed by atoms with van der Waals surface area (Å²) in [5, 5.41) is 1.76. The van der Waals surface area contributed by atoms with Crippen molar-refractivity contribution in [2.24, 2.45) is 37.9 Å². The molecule has 780 valence electrons. The molecule has 0 atom stereocenters. The van der Waals surface area contributed by atoms with Crippen molar-refractivity contribution in [1.29, 1.82) is 0 Å². The second-order valence-electron chi connectivity index (χ2n) is 47.3. The number of nitrogens with zero attached hydrogens (tertiary/aromatic N) is 20. The van der Waals surface area contributed by atoms with Gasteiger partial charge in [0, 0.05) is 41.0 Å². The molecule has 36 heteroatoms. The van der Waals surface area contributed by atoms with Gasteiger partial charge in [0.1, 0.15) is 28.5 Å². The first-order chi connectivity index (χ1) is 68.6. The predicted octanol–water partition coefficient (Wildman–Crippen LogP) is 20.0. The smallest absolute Gasteiger partial charge is 0.280 e. The molecule has 1 aliphatic rings. The van der Waals surface area contributed by atoms with E-state index in [9.17, 15) is 14.4 Å². The Morgan fingerprint density at radius 1 is 0.297 bits per heavy atom. The number of nitrogens with one attached hydrogen (secondary N) is 2. The number of H-pyrrole nitrogens is 2. The lowest BCUT2D eigenvalue weighted by molar-refractivity contribution is 0.0599. The largest absolute Gasteiger partial charge is 0.383 e. The summed E-state index contributed by atoms with van der Waals surface area (Å²) >= 11 is 0. The highest BCUT2D eigenvalue weighted by Crippen LogP contribution is 2.34. The first-order valence-corrected chi connectivity index (χ1v) is 49.1. The molecule has 1 aliphatic heterocycles. The van der Waals surface area contributed by atoms with Gasteiger partial charge in [-0.15, -0.1) is 0 Å². The lowest BCUT2D eigenvalue weighted by Crippen LogP contribution is -2.37. The number of hydrogen-bond acceptors (Lipinski definition) is 33. The molecule has 0 radical (unpaired) electrons. The van der Waals surface area contributed by atoms with Crippen molar-refractivity contribution < 1.29 is 9.59 Å². The van der Waals surface area contributed by atoms with Crippen LogP contribution >= 0.6 is 0 Å². The van der Waals surface area contributed by atoms with Gasteiger partial charge in [0.15, 0.2) is 45.4 Å². The topological polar surface area (TPSA) is 617 Å². The number of imide groups is 1. The molecule has 0 spiro atoms. The average Bonchev–Trinajstić information content (AvgIpc) is 1.62. The number of nitrogens with two attached hydrogens (primary N) is 11. The highest BCUT2D eigenvalue weighted by atomic mass is 16.2. The van der Waals surface area contributed by atoms with E-state index >= 15 is 0 Å². The number of benzene rings is 6. The van der Waals surface area contributed by atoms with Crippen LogP contribution in [0, 0.1) is 37.9 Å². The Bertz CT molecular complexity index is 7300. The molecule has 24 N–H and O–H groups in total. The second kappa shape index (κ2) is 46.6. The van der Waals surface area contributed by atoms with Gasteiger partial charge in [-0.1, -0.05) is 278 Å². The van der Waals surface area contributed by atoms with Crippen LogP contribution in [0.3, 0.4) is 0 Å². The van der Waals surface area contributed by atoms with Crippen LogP contribution in [0.5, 0.6) is 0 Å². The highest BCUT2D eigenvalue weighted by molar-refractivity contribution is 6.21. The second-order valence-corrected chi connectivity index (χ2v) is 47.3. The number of nitrogen functional groups attached to an aromatic ring is 11. The van der Waals surface area contributed by atoms with E-state index in [1.54, 1.807) is 36.7 Å². The minimum absolute atomic E-state index is 0.0559. The Morgan fingerprint density at radius 3 is 1.23 bits per heavy atom. The number of imidazole rings is 1. The zero-order valence-electron chi connectivity index (χ0n) is 90.8. The molecule has 0 saturated heterocycles. The molecule has 2 amide bonds. The van der Waals surface area contributed by atoms with E-state index in [-0.39, 0.29) is 113 Å². The number of aromatic amines is 2. The van der Waals surface area contributed by atoms with E-state index in [0.717, 1.165) is 106 Å². The number of carbonyl (C=O) groups is 2. The Morgan fingerprint density at radius 2 is 0.723 bits per heavy atom. The molecule has 0 aliphatic carbocycles. The predicted molar refractivity (Wildman–Crippen MR) is 603 cm³/mol. The summed E-state index contributed by atoms with van der Waals surface area (Å²) in [5.41, 5.74) is 81.8. The first kappa shape index (κ1) is 114. The van der Waals surface area contributed by atoms with Gasteiger partial charge in [-0.2, -0.15) is 39.9 Å². The van der Waals surface area contributed by atoms with Crippen molar-refractivity contribution in [2.45, 2.75) is 243 Å². The number of carbonyl (C=O) groups excluding carboxylic acids is 2. The lowest BCUT2D eigenvalue weighted by atomic mass is 9.86. The normalized spacial score (nSPS) is 12.3. The lowest BCUT2D eigenvalue weighted by Gasteiger charge is -2.24. The number of hydrogen-bond donors (Lipinski definition) is 13. The maximum absolute atomic E-state index is 12.0. The molecule has 0 bridgehead atoms. The average molecular weight is 2010 g/mol. The molecule has 11 aromatic heterocycles. The number of anilines is 11. The van der Waals surface area contributed by atoms with Crippen LogP contribution in [-0.4, -0.2) is 128 Å². The molecule has 18 rings (SSSR count). The van der Waals surface area contributed by atoms with Gasteiger partial charge in [0.2, 0.25) is 35.7 Å². The van der Waals surface area contributed by atoms with Crippen LogP contribution in [0.2, 0.25) is 0 Å². The van der Waals surface area contributed by atoms with Crippen molar-refractivity contribution in [1.82, 2.24) is 110 Å². The van der Waals surface area contributed by atoms with Gasteiger partial charge in [0.05, 0.1) is 68.2 Å². The van der Waals surface area contributed by atoms with Crippen LogP contribution in [0.25, 0.3) is 88.5 Å². The molecule has 6 aromatic carbocycles. The molecular weight excluding hydrogens is 1860 g/mol. The number of para-hydroxylation sites is 2. The Hall–Kier alpha value is -16.0. The third-order valence-electron chi connectivity index (χ3n) is 22.0.